The van der Waals surface area contributed by atoms with Gasteiger partial charge >= 0.3 is 0 Å². The maximum atomic E-state index is 3.68. The van der Waals surface area contributed by atoms with Gasteiger partial charge in [-0.05, 0) is 50.0 Å². The normalized spacial score (nSPS) is 11.1. The molecule has 108 valence electrons. The van der Waals surface area contributed by atoms with Crippen molar-refractivity contribution in [2.75, 3.05) is 11.9 Å². The lowest BCUT2D eigenvalue weighted by Gasteiger charge is -2.29. The SMILES string of the molecule is CNCc1ccc(N(Cc2cccs2)C(C)C)cc1Br. The van der Waals surface area contributed by atoms with E-state index in [4.69, 9.17) is 0 Å². The molecule has 1 aromatic heterocycles. The molecule has 0 atom stereocenters. The minimum atomic E-state index is 0.471. The summed E-state index contributed by atoms with van der Waals surface area (Å²) in [5, 5.41) is 5.33. The number of anilines is 1. The maximum Gasteiger partial charge on any atom is 0.0525 e. The highest BCUT2D eigenvalue weighted by molar-refractivity contribution is 9.10. The standard InChI is InChI=1S/C16H21BrN2S/c1-12(2)19(11-15-5-4-8-20-15)14-7-6-13(10-18-3)16(17)9-14/h4-9,12,18H,10-11H2,1-3H3. The Morgan fingerprint density at radius 3 is 2.65 bits per heavy atom. The van der Waals surface area contributed by atoms with Gasteiger partial charge in [0.15, 0.2) is 0 Å². The third-order valence-electron chi connectivity index (χ3n) is 3.27. The zero-order valence-electron chi connectivity index (χ0n) is 12.2. The topological polar surface area (TPSA) is 15.3 Å². The van der Waals surface area contributed by atoms with Crippen LogP contribution in [0.5, 0.6) is 0 Å². The summed E-state index contributed by atoms with van der Waals surface area (Å²) in [5.41, 5.74) is 2.55. The van der Waals surface area contributed by atoms with E-state index in [2.05, 4.69) is 75.7 Å². The third-order valence-corrected chi connectivity index (χ3v) is 4.86. The Kier molecular flexibility index (Phi) is 5.64. The molecule has 2 aromatic rings. The van der Waals surface area contributed by atoms with Gasteiger partial charge < -0.3 is 10.2 Å². The number of halogens is 1. The van der Waals surface area contributed by atoms with Crippen molar-refractivity contribution in [3.8, 4) is 0 Å². The van der Waals surface area contributed by atoms with Gasteiger partial charge in [0.25, 0.3) is 0 Å². The molecule has 2 nitrogen and oxygen atoms in total. The van der Waals surface area contributed by atoms with Gasteiger partial charge in [-0.15, -0.1) is 11.3 Å². The van der Waals surface area contributed by atoms with Gasteiger partial charge in [-0.1, -0.05) is 28.1 Å². The van der Waals surface area contributed by atoms with Gasteiger partial charge in [-0.3, -0.25) is 0 Å². The first kappa shape index (κ1) is 15.5. The van der Waals surface area contributed by atoms with E-state index in [1.54, 1.807) is 0 Å². The minimum Gasteiger partial charge on any atom is -0.364 e. The summed E-state index contributed by atoms with van der Waals surface area (Å²) in [4.78, 5) is 3.83. The Morgan fingerprint density at radius 2 is 2.10 bits per heavy atom. The van der Waals surface area contributed by atoms with Crippen molar-refractivity contribution in [3.63, 3.8) is 0 Å². The molecule has 0 amide bonds. The van der Waals surface area contributed by atoms with Crippen molar-refractivity contribution < 1.29 is 0 Å². The van der Waals surface area contributed by atoms with Crippen LogP contribution in [0.2, 0.25) is 0 Å². The second-order valence-electron chi connectivity index (χ2n) is 5.11. The second kappa shape index (κ2) is 7.25. The van der Waals surface area contributed by atoms with Crippen molar-refractivity contribution in [2.24, 2.45) is 0 Å². The van der Waals surface area contributed by atoms with Crippen LogP contribution < -0.4 is 10.2 Å². The summed E-state index contributed by atoms with van der Waals surface area (Å²) >= 11 is 5.49. The van der Waals surface area contributed by atoms with E-state index >= 15 is 0 Å². The van der Waals surface area contributed by atoms with Crippen LogP contribution in [0.1, 0.15) is 24.3 Å². The fraction of sp³-hybridized carbons (Fsp3) is 0.375. The van der Waals surface area contributed by atoms with Crippen LogP contribution in [0.25, 0.3) is 0 Å². The highest BCUT2D eigenvalue weighted by Crippen LogP contribution is 2.27. The molecule has 0 aliphatic rings. The number of benzene rings is 1. The van der Waals surface area contributed by atoms with Gasteiger partial charge in [0.05, 0.1) is 6.54 Å². The van der Waals surface area contributed by atoms with Crippen LogP contribution in [0.3, 0.4) is 0 Å². The molecule has 0 aliphatic carbocycles. The molecule has 2 rings (SSSR count). The van der Waals surface area contributed by atoms with E-state index in [0.29, 0.717) is 6.04 Å². The number of hydrogen-bond acceptors (Lipinski definition) is 3. The van der Waals surface area contributed by atoms with Crippen LogP contribution in [0.4, 0.5) is 5.69 Å². The van der Waals surface area contributed by atoms with Crippen LogP contribution in [-0.2, 0) is 13.1 Å². The predicted octanol–water partition coefficient (Wildman–Crippen LogP) is 4.65. The summed E-state index contributed by atoms with van der Waals surface area (Å²) in [5.74, 6) is 0. The quantitative estimate of drug-likeness (QED) is 0.814. The Hall–Kier alpha value is -0.840. The van der Waals surface area contributed by atoms with Crippen LogP contribution in [0.15, 0.2) is 40.2 Å². The number of thiophene rings is 1. The maximum absolute atomic E-state index is 3.68. The average molecular weight is 353 g/mol. The Labute approximate surface area is 133 Å². The highest BCUT2D eigenvalue weighted by atomic mass is 79.9. The Bertz CT molecular complexity index is 537. The summed E-state index contributed by atoms with van der Waals surface area (Å²) < 4.78 is 1.17. The summed E-state index contributed by atoms with van der Waals surface area (Å²) in [6.07, 6.45) is 0. The van der Waals surface area contributed by atoms with Crippen molar-refractivity contribution >= 4 is 33.0 Å². The number of nitrogens with zero attached hydrogens (tertiary/aromatic N) is 1. The van der Waals surface area contributed by atoms with E-state index in [0.717, 1.165) is 13.1 Å². The fourth-order valence-electron chi connectivity index (χ4n) is 2.19. The fourth-order valence-corrected chi connectivity index (χ4v) is 3.40. The molecule has 4 heteroatoms. The molecule has 0 spiro atoms. The van der Waals surface area contributed by atoms with Crippen molar-refractivity contribution in [1.29, 1.82) is 0 Å². The van der Waals surface area contributed by atoms with Gasteiger partial charge in [-0.2, -0.15) is 0 Å². The first-order valence-electron chi connectivity index (χ1n) is 6.84. The van der Waals surface area contributed by atoms with E-state index in [9.17, 15) is 0 Å². The largest absolute Gasteiger partial charge is 0.364 e. The molecule has 0 saturated heterocycles. The average Bonchev–Trinajstić information content (AvgIpc) is 2.91. The predicted molar refractivity (Wildman–Crippen MR) is 92.5 cm³/mol. The summed E-state index contributed by atoms with van der Waals surface area (Å²) in [7, 11) is 1.97. The number of rotatable bonds is 6. The molecular formula is C16H21BrN2S. The molecule has 1 N–H and O–H groups in total. The van der Waals surface area contributed by atoms with E-state index in [1.165, 1.54) is 20.6 Å². The number of hydrogen-bond donors (Lipinski definition) is 1. The van der Waals surface area contributed by atoms with Crippen LogP contribution >= 0.6 is 27.3 Å². The zero-order chi connectivity index (χ0) is 14.5. The molecule has 0 unspecified atom stereocenters. The molecular weight excluding hydrogens is 332 g/mol. The molecule has 0 radical (unpaired) electrons. The lowest BCUT2D eigenvalue weighted by atomic mass is 10.1. The van der Waals surface area contributed by atoms with Gasteiger partial charge in [0.2, 0.25) is 0 Å². The molecule has 0 fully saturated rings. The van der Waals surface area contributed by atoms with Crippen molar-refractivity contribution in [1.82, 2.24) is 5.32 Å². The molecule has 0 bridgehead atoms. The Balaban J connectivity index is 2.23. The molecule has 1 aromatic carbocycles. The van der Waals surface area contributed by atoms with Crippen LogP contribution in [-0.4, -0.2) is 13.1 Å². The molecule has 0 saturated carbocycles. The summed E-state index contributed by atoms with van der Waals surface area (Å²) in [6.45, 7) is 6.33. The molecule has 20 heavy (non-hydrogen) atoms. The summed E-state index contributed by atoms with van der Waals surface area (Å²) in [6, 6.07) is 11.4. The smallest absolute Gasteiger partial charge is 0.0525 e. The lowest BCUT2D eigenvalue weighted by molar-refractivity contribution is 0.686. The number of nitrogens with one attached hydrogen (secondary N) is 1. The van der Waals surface area contributed by atoms with E-state index in [1.807, 2.05) is 18.4 Å². The molecule has 0 aliphatic heterocycles. The lowest BCUT2D eigenvalue weighted by Crippen LogP contribution is -2.29. The second-order valence-corrected chi connectivity index (χ2v) is 6.99. The monoisotopic (exact) mass is 352 g/mol. The van der Waals surface area contributed by atoms with E-state index in [-0.39, 0.29) is 0 Å². The van der Waals surface area contributed by atoms with Crippen molar-refractivity contribution in [3.05, 3.63) is 50.6 Å². The molecule has 1 heterocycles. The first-order valence-corrected chi connectivity index (χ1v) is 8.51. The first-order chi connectivity index (χ1) is 9.61. The van der Waals surface area contributed by atoms with E-state index < -0.39 is 0 Å². The van der Waals surface area contributed by atoms with Gasteiger partial charge in [-0.25, -0.2) is 0 Å². The van der Waals surface area contributed by atoms with Gasteiger partial charge in [0.1, 0.15) is 0 Å². The third kappa shape index (κ3) is 3.84. The zero-order valence-corrected chi connectivity index (χ0v) is 14.6. The van der Waals surface area contributed by atoms with Crippen LogP contribution in [0, 0.1) is 0 Å². The highest BCUT2D eigenvalue weighted by Gasteiger charge is 2.13. The van der Waals surface area contributed by atoms with Crippen molar-refractivity contribution in [2.45, 2.75) is 33.0 Å². The van der Waals surface area contributed by atoms with Gasteiger partial charge in [0, 0.05) is 27.6 Å². The Morgan fingerprint density at radius 1 is 1.30 bits per heavy atom. The minimum absolute atomic E-state index is 0.471.